The molecule has 7 nitrogen and oxygen atoms in total. The van der Waals surface area contributed by atoms with E-state index in [1.54, 1.807) is 40.8 Å². The van der Waals surface area contributed by atoms with Gasteiger partial charge in [0.25, 0.3) is 10.0 Å². The lowest BCUT2D eigenvalue weighted by molar-refractivity contribution is 0.579. The average molecular weight is 426 g/mol. The first kappa shape index (κ1) is 20.3. The number of anilines is 1. The number of nitrogens with one attached hydrogen (secondary N) is 1. The minimum atomic E-state index is -3.86. The zero-order chi connectivity index (χ0) is 20.8. The lowest BCUT2D eigenvalue weighted by atomic mass is 10.2. The molecule has 0 aliphatic heterocycles. The number of sulfonamides is 1. The van der Waals surface area contributed by atoms with Crippen LogP contribution in [-0.2, 0) is 23.6 Å². The second kappa shape index (κ2) is 7.21. The maximum absolute atomic E-state index is 14.1. The molecule has 0 aliphatic rings. The van der Waals surface area contributed by atoms with E-state index in [1.807, 2.05) is 0 Å². The summed E-state index contributed by atoms with van der Waals surface area (Å²) < 4.78 is 45.7. The van der Waals surface area contributed by atoms with Gasteiger partial charge in [0.2, 0.25) is 0 Å². The molecule has 3 rings (SSSR count). The van der Waals surface area contributed by atoms with Crippen LogP contribution in [0.2, 0.25) is 5.02 Å². The molecule has 150 valence electrons. The van der Waals surface area contributed by atoms with Crippen LogP contribution in [0.15, 0.2) is 23.1 Å². The molecule has 3 aromatic rings. The third-order valence-corrected chi connectivity index (χ3v) is 6.65. The normalized spacial score (nSPS) is 11.8. The van der Waals surface area contributed by atoms with Gasteiger partial charge in [-0.2, -0.15) is 10.2 Å². The van der Waals surface area contributed by atoms with E-state index < -0.39 is 15.8 Å². The van der Waals surface area contributed by atoms with Crippen molar-refractivity contribution in [3.63, 3.8) is 0 Å². The number of nitrogens with zero attached hydrogens (tertiary/aromatic N) is 4. The minimum absolute atomic E-state index is 0.0882. The van der Waals surface area contributed by atoms with E-state index >= 15 is 0 Å². The van der Waals surface area contributed by atoms with Crippen molar-refractivity contribution in [1.29, 1.82) is 0 Å². The summed E-state index contributed by atoms with van der Waals surface area (Å²) in [6, 6.07) is 4.45. The molecule has 0 atom stereocenters. The molecule has 1 aromatic carbocycles. The molecule has 2 aromatic heterocycles. The number of aryl methyl sites for hydroxylation is 3. The van der Waals surface area contributed by atoms with Gasteiger partial charge in [0.1, 0.15) is 10.7 Å². The molecule has 0 amide bonds. The van der Waals surface area contributed by atoms with Crippen LogP contribution in [0.5, 0.6) is 0 Å². The van der Waals surface area contributed by atoms with Gasteiger partial charge in [0, 0.05) is 17.6 Å². The quantitative estimate of drug-likeness (QED) is 0.678. The van der Waals surface area contributed by atoms with Crippen LogP contribution in [0.4, 0.5) is 10.1 Å². The van der Waals surface area contributed by atoms with E-state index in [9.17, 15) is 12.8 Å². The molecule has 0 saturated carbocycles. The Morgan fingerprint density at radius 2 is 1.79 bits per heavy atom. The summed E-state index contributed by atoms with van der Waals surface area (Å²) >= 11 is 6.10. The van der Waals surface area contributed by atoms with Gasteiger partial charge < -0.3 is 0 Å². The second-order valence-corrected chi connectivity index (χ2v) is 8.66. The Labute approximate surface area is 168 Å². The molecule has 0 spiro atoms. The predicted molar refractivity (Wildman–Crippen MR) is 106 cm³/mol. The number of aromatic nitrogens is 4. The zero-order valence-corrected chi connectivity index (χ0v) is 17.8. The van der Waals surface area contributed by atoms with Gasteiger partial charge in [0.05, 0.1) is 35.0 Å². The van der Waals surface area contributed by atoms with Crippen molar-refractivity contribution in [2.24, 2.45) is 7.05 Å². The van der Waals surface area contributed by atoms with Crippen molar-refractivity contribution in [3.8, 4) is 0 Å². The number of rotatable bonds is 5. The van der Waals surface area contributed by atoms with Crippen molar-refractivity contribution in [2.75, 3.05) is 4.72 Å². The van der Waals surface area contributed by atoms with E-state index in [4.69, 9.17) is 11.6 Å². The second-order valence-electron chi connectivity index (χ2n) is 6.63. The Bertz CT molecular complexity index is 1150. The Hall–Kier alpha value is -2.39. The molecule has 0 bridgehead atoms. The van der Waals surface area contributed by atoms with E-state index in [2.05, 4.69) is 14.9 Å². The first-order valence-corrected chi connectivity index (χ1v) is 10.4. The van der Waals surface area contributed by atoms with Crippen molar-refractivity contribution < 1.29 is 12.8 Å². The Kier molecular flexibility index (Phi) is 5.24. The summed E-state index contributed by atoms with van der Waals surface area (Å²) in [5.41, 5.74) is 2.63. The maximum atomic E-state index is 14.1. The number of hydrogen-bond acceptors (Lipinski definition) is 4. The van der Waals surface area contributed by atoms with Crippen molar-refractivity contribution in [2.45, 2.75) is 39.1 Å². The van der Waals surface area contributed by atoms with Crippen molar-refractivity contribution in [3.05, 3.63) is 57.4 Å². The molecule has 0 fully saturated rings. The molecular weight excluding hydrogens is 405 g/mol. The Morgan fingerprint density at radius 3 is 2.36 bits per heavy atom. The summed E-state index contributed by atoms with van der Waals surface area (Å²) in [5.74, 6) is -0.441. The lowest BCUT2D eigenvalue weighted by Gasteiger charge is -2.10. The van der Waals surface area contributed by atoms with E-state index in [0.29, 0.717) is 34.0 Å². The summed E-state index contributed by atoms with van der Waals surface area (Å²) in [6.07, 6.45) is 0. The van der Waals surface area contributed by atoms with E-state index in [1.165, 1.54) is 21.5 Å². The smallest absolute Gasteiger partial charge is 0.265 e. The first-order valence-electron chi connectivity index (χ1n) is 8.52. The molecule has 0 aliphatic carbocycles. The molecule has 0 saturated heterocycles. The van der Waals surface area contributed by atoms with E-state index in [-0.39, 0.29) is 16.5 Å². The summed E-state index contributed by atoms with van der Waals surface area (Å²) in [7, 11) is -2.17. The average Bonchev–Trinajstić information content (AvgIpc) is 3.00. The van der Waals surface area contributed by atoms with Crippen LogP contribution in [-0.4, -0.2) is 28.0 Å². The van der Waals surface area contributed by atoms with Crippen LogP contribution in [0.3, 0.4) is 0 Å². The first-order chi connectivity index (χ1) is 13.0. The summed E-state index contributed by atoms with van der Waals surface area (Å²) in [4.78, 5) is 0.138. The topological polar surface area (TPSA) is 81.8 Å². The molecule has 0 radical (unpaired) electrons. The fourth-order valence-corrected chi connectivity index (χ4v) is 5.00. The fourth-order valence-electron chi connectivity index (χ4n) is 3.16. The molecular formula is C18H21ClFN5O2S. The zero-order valence-electron chi connectivity index (χ0n) is 16.2. The van der Waals surface area contributed by atoms with Crippen LogP contribution in [0.1, 0.15) is 28.3 Å². The van der Waals surface area contributed by atoms with Gasteiger partial charge in [-0.15, -0.1) is 0 Å². The fraction of sp³-hybridized carbons (Fsp3) is 0.333. The van der Waals surface area contributed by atoms with Gasteiger partial charge in [-0.05, 0) is 39.8 Å². The molecule has 1 N–H and O–H groups in total. The molecule has 2 heterocycles. The molecule has 28 heavy (non-hydrogen) atoms. The SMILES string of the molecule is Cc1nn(Cc2c(F)cccc2Cl)c(C)c1NS(=O)(=O)c1c(C)nn(C)c1C. The lowest BCUT2D eigenvalue weighted by Crippen LogP contribution is -2.16. The number of benzene rings is 1. The van der Waals surface area contributed by atoms with Gasteiger partial charge in [-0.25, -0.2) is 12.8 Å². The standard InChI is InChI=1S/C18H21ClFN5O2S/c1-10-17(23-28(26,27)18-11(2)21-24(5)13(18)4)12(3)25(22-10)9-14-15(19)7-6-8-16(14)20/h6-8,23H,9H2,1-5H3. The minimum Gasteiger partial charge on any atom is -0.276 e. The van der Waals surface area contributed by atoms with Crippen LogP contribution in [0.25, 0.3) is 0 Å². The van der Waals surface area contributed by atoms with Crippen LogP contribution in [0, 0.1) is 33.5 Å². The summed E-state index contributed by atoms with van der Waals surface area (Å²) in [5, 5.41) is 8.81. The van der Waals surface area contributed by atoms with Crippen LogP contribution < -0.4 is 4.72 Å². The monoisotopic (exact) mass is 425 g/mol. The molecule has 0 unspecified atom stereocenters. The maximum Gasteiger partial charge on any atom is 0.265 e. The summed E-state index contributed by atoms with van der Waals surface area (Å²) in [6.45, 7) is 6.83. The van der Waals surface area contributed by atoms with Crippen LogP contribution >= 0.6 is 11.6 Å². The third kappa shape index (κ3) is 3.51. The third-order valence-electron chi connectivity index (χ3n) is 4.70. The Balaban J connectivity index is 1.99. The van der Waals surface area contributed by atoms with Gasteiger partial charge in [-0.3, -0.25) is 14.1 Å². The number of hydrogen-bond donors (Lipinski definition) is 1. The highest BCUT2D eigenvalue weighted by molar-refractivity contribution is 7.92. The van der Waals surface area contributed by atoms with Gasteiger partial charge >= 0.3 is 0 Å². The highest BCUT2D eigenvalue weighted by Crippen LogP contribution is 2.28. The highest BCUT2D eigenvalue weighted by atomic mass is 35.5. The van der Waals surface area contributed by atoms with Gasteiger partial charge in [0.15, 0.2) is 0 Å². The van der Waals surface area contributed by atoms with Gasteiger partial charge in [-0.1, -0.05) is 17.7 Å². The molecule has 10 heteroatoms. The number of halogens is 2. The van der Waals surface area contributed by atoms with Crippen molar-refractivity contribution in [1.82, 2.24) is 19.6 Å². The highest BCUT2D eigenvalue weighted by Gasteiger charge is 2.26. The predicted octanol–water partition coefficient (Wildman–Crippen LogP) is 3.49. The Morgan fingerprint density at radius 1 is 1.11 bits per heavy atom. The largest absolute Gasteiger partial charge is 0.276 e. The van der Waals surface area contributed by atoms with E-state index in [0.717, 1.165) is 0 Å². The van der Waals surface area contributed by atoms with Crippen molar-refractivity contribution >= 4 is 27.3 Å².